The molecule has 4 heterocycles. The van der Waals surface area contributed by atoms with Gasteiger partial charge in [-0.15, -0.1) is 0 Å². The largest absolute Gasteiger partial charge is 0.308 e. The van der Waals surface area contributed by atoms with E-state index in [-0.39, 0.29) is 0 Å². The first-order valence-corrected chi connectivity index (χ1v) is 19.6. The van der Waals surface area contributed by atoms with Gasteiger partial charge in [0.15, 0.2) is 34.9 Å². The summed E-state index contributed by atoms with van der Waals surface area (Å²) in [7, 11) is 0. The summed E-state index contributed by atoms with van der Waals surface area (Å²) in [6.45, 7) is 0. The van der Waals surface area contributed by atoms with Gasteiger partial charge in [0.05, 0.1) is 16.6 Å². The molecule has 0 fully saturated rings. The first kappa shape index (κ1) is 33.0. The van der Waals surface area contributed by atoms with E-state index in [1.165, 1.54) is 21.7 Å². The van der Waals surface area contributed by atoms with Crippen LogP contribution < -0.4 is 0 Å². The van der Waals surface area contributed by atoms with Crippen LogP contribution >= 0.6 is 0 Å². The van der Waals surface area contributed by atoms with Crippen molar-refractivity contribution in [1.82, 2.24) is 34.3 Å². The lowest BCUT2D eigenvalue weighted by molar-refractivity contribution is 1.07. The Morgan fingerprint density at radius 1 is 0.271 bits per heavy atom. The maximum absolute atomic E-state index is 5.12. The van der Waals surface area contributed by atoms with Crippen molar-refractivity contribution in [2.24, 2.45) is 0 Å². The minimum absolute atomic E-state index is 0.628. The molecule has 0 saturated heterocycles. The monoisotopic (exact) mass is 753 g/mol. The summed E-state index contributed by atoms with van der Waals surface area (Å²) in [5.41, 5.74) is 9.04. The Bertz CT molecular complexity index is 3420. The van der Waals surface area contributed by atoms with Crippen molar-refractivity contribution in [2.75, 3.05) is 0 Å². The van der Waals surface area contributed by atoms with E-state index in [4.69, 9.17) is 29.9 Å². The average molecular weight is 754 g/mol. The molecule has 0 spiro atoms. The fourth-order valence-electron chi connectivity index (χ4n) is 8.54. The van der Waals surface area contributed by atoms with Gasteiger partial charge in [0.1, 0.15) is 0 Å². The van der Waals surface area contributed by atoms with Crippen LogP contribution in [-0.4, -0.2) is 34.3 Å². The summed E-state index contributed by atoms with van der Waals surface area (Å²) < 4.78 is 2.42. The maximum Gasteiger partial charge on any atom is 0.164 e. The van der Waals surface area contributed by atoms with Crippen molar-refractivity contribution in [3.63, 3.8) is 0 Å². The molecule has 0 atom stereocenters. The second kappa shape index (κ2) is 13.2. The number of nitrogens with zero attached hydrogens (tertiary/aromatic N) is 7. The number of hydrogen-bond donors (Lipinski definition) is 0. The summed E-state index contributed by atoms with van der Waals surface area (Å²) in [6.07, 6.45) is 0. The highest BCUT2D eigenvalue weighted by atomic mass is 15.0. The van der Waals surface area contributed by atoms with E-state index in [9.17, 15) is 0 Å². The third-order valence-corrected chi connectivity index (χ3v) is 11.2. The summed E-state index contributed by atoms with van der Waals surface area (Å²) >= 11 is 0. The summed E-state index contributed by atoms with van der Waals surface area (Å²) in [4.78, 5) is 30.2. The zero-order valence-corrected chi connectivity index (χ0v) is 31.5. The number of para-hydroxylation sites is 1. The molecule has 4 aromatic heterocycles. The van der Waals surface area contributed by atoms with E-state index in [2.05, 4.69) is 71.1 Å². The Kier molecular flexibility index (Phi) is 7.40. The fraction of sp³-hybridized carbons (Fsp3) is 0. The van der Waals surface area contributed by atoms with Gasteiger partial charge in [0, 0.05) is 54.9 Å². The van der Waals surface area contributed by atoms with Gasteiger partial charge in [-0.1, -0.05) is 158 Å². The lowest BCUT2D eigenvalue weighted by Crippen LogP contribution is -2.01. The van der Waals surface area contributed by atoms with Gasteiger partial charge in [0.25, 0.3) is 0 Å². The Labute approximate surface area is 338 Å². The first-order valence-electron chi connectivity index (χ1n) is 19.6. The minimum atomic E-state index is 0.628. The molecule has 7 heteroatoms. The second-order valence-electron chi connectivity index (χ2n) is 14.7. The minimum Gasteiger partial charge on any atom is -0.308 e. The van der Waals surface area contributed by atoms with Gasteiger partial charge >= 0.3 is 0 Å². The van der Waals surface area contributed by atoms with Crippen molar-refractivity contribution in [3.8, 4) is 68.3 Å². The topological polar surface area (TPSA) is 81.8 Å². The van der Waals surface area contributed by atoms with Crippen LogP contribution in [0.1, 0.15) is 0 Å². The van der Waals surface area contributed by atoms with Crippen LogP contribution in [0.15, 0.2) is 188 Å². The fourth-order valence-corrected chi connectivity index (χ4v) is 8.54. The number of pyridine rings is 1. The number of aromatic nitrogens is 7. The zero-order chi connectivity index (χ0) is 38.9. The van der Waals surface area contributed by atoms with E-state index in [0.717, 1.165) is 60.6 Å². The van der Waals surface area contributed by atoms with Crippen molar-refractivity contribution in [2.45, 2.75) is 0 Å². The molecule has 0 N–H and O–H groups in total. The van der Waals surface area contributed by atoms with Crippen molar-refractivity contribution in [3.05, 3.63) is 188 Å². The van der Waals surface area contributed by atoms with Crippen LogP contribution in [0.5, 0.6) is 0 Å². The third-order valence-electron chi connectivity index (χ3n) is 11.2. The highest BCUT2D eigenvalue weighted by molar-refractivity contribution is 6.28. The van der Waals surface area contributed by atoms with Gasteiger partial charge < -0.3 is 4.40 Å². The molecule has 0 amide bonds. The molecule has 0 bridgehead atoms. The van der Waals surface area contributed by atoms with Crippen LogP contribution in [0.3, 0.4) is 0 Å². The molecular weight excluding hydrogens is 723 g/mol. The lowest BCUT2D eigenvalue weighted by atomic mass is 9.96. The van der Waals surface area contributed by atoms with Gasteiger partial charge in [-0.05, 0) is 41.1 Å². The number of fused-ring (bicyclic) bond motifs is 5. The molecule has 0 radical (unpaired) electrons. The molecule has 274 valence electrons. The van der Waals surface area contributed by atoms with Crippen LogP contribution in [0, 0.1) is 0 Å². The summed E-state index contributed by atoms with van der Waals surface area (Å²) in [5.74, 6) is 3.82. The molecule has 0 unspecified atom stereocenters. The van der Waals surface area contributed by atoms with Crippen LogP contribution in [0.4, 0.5) is 0 Å². The predicted octanol–water partition coefficient (Wildman–Crippen LogP) is 12.4. The number of benzene rings is 8. The smallest absolute Gasteiger partial charge is 0.164 e. The SMILES string of the molecule is c1ccc(-c2nc(-c3ccccc3)nc(-c3ccc4c(c3)c3cccc5c6cccc7c(-c8nc(-c9ccccc9)nc(-c9ccccc9)n8)ccc(c76)n4c53)n2)cc1. The Morgan fingerprint density at radius 3 is 1.19 bits per heavy atom. The molecule has 8 aromatic carbocycles. The Morgan fingerprint density at radius 2 is 0.678 bits per heavy atom. The first-order chi connectivity index (χ1) is 29.2. The standard InChI is InChI=1S/C52H31N7/c1-5-15-32(16-6-1)47-53-48(33-17-7-2-8-18-33)56-51(55-47)36-27-29-43-42(31-36)40-26-14-25-39-37-23-13-24-38-41(28-30-44(45(37)38)59(43)46(39)40)52-57-49(34-19-9-3-10-20-34)54-50(58-52)35-21-11-4-12-22-35/h1-31H. The van der Waals surface area contributed by atoms with Crippen LogP contribution in [-0.2, 0) is 0 Å². The molecule has 0 aliphatic carbocycles. The average Bonchev–Trinajstić information content (AvgIpc) is 3.66. The number of hydrogen-bond acceptors (Lipinski definition) is 6. The lowest BCUT2D eigenvalue weighted by Gasteiger charge is -2.16. The van der Waals surface area contributed by atoms with E-state index in [1.807, 2.05) is 121 Å². The third kappa shape index (κ3) is 5.36. The Balaban J connectivity index is 1.08. The van der Waals surface area contributed by atoms with E-state index in [0.29, 0.717) is 34.9 Å². The normalized spacial score (nSPS) is 11.7. The van der Waals surface area contributed by atoms with Crippen LogP contribution in [0.2, 0.25) is 0 Å². The maximum atomic E-state index is 5.12. The molecule has 0 aliphatic rings. The van der Waals surface area contributed by atoms with Crippen molar-refractivity contribution in [1.29, 1.82) is 0 Å². The molecule has 59 heavy (non-hydrogen) atoms. The zero-order valence-electron chi connectivity index (χ0n) is 31.5. The molecule has 0 aliphatic heterocycles. The molecule has 12 rings (SSSR count). The summed E-state index contributed by atoms with van der Waals surface area (Å²) in [6, 6.07) is 64.6. The number of rotatable bonds is 6. The van der Waals surface area contributed by atoms with Gasteiger partial charge in [-0.3, -0.25) is 0 Å². The highest BCUT2D eigenvalue weighted by Gasteiger charge is 2.22. The van der Waals surface area contributed by atoms with Crippen molar-refractivity contribution < 1.29 is 0 Å². The van der Waals surface area contributed by atoms with Crippen molar-refractivity contribution >= 4 is 48.9 Å². The summed E-state index contributed by atoms with van der Waals surface area (Å²) in [5, 5.41) is 6.90. The van der Waals surface area contributed by atoms with Crippen LogP contribution in [0.25, 0.3) is 117 Å². The second-order valence-corrected chi connectivity index (χ2v) is 14.7. The molecule has 0 saturated carbocycles. The quantitative estimate of drug-likeness (QED) is 0.124. The predicted molar refractivity (Wildman–Crippen MR) is 238 cm³/mol. The van der Waals surface area contributed by atoms with E-state index in [1.54, 1.807) is 0 Å². The van der Waals surface area contributed by atoms with Gasteiger partial charge in [-0.25, -0.2) is 29.9 Å². The van der Waals surface area contributed by atoms with Gasteiger partial charge in [0.2, 0.25) is 0 Å². The van der Waals surface area contributed by atoms with E-state index < -0.39 is 0 Å². The van der Waals surface area contributed by atoms with E-state index >= 15 is 0 Å². The van der Waals surface area contributed by atoms with Gasteiger partial charge in [-0.2, -0.15) is 0 Å². The Hall–Kier alpha value is -8.16. The molecule has 7 nitrogen and oxygen atoms in total. The molecule has 12 aromatic rings. The molecular formula is C52H31N7. The highest BCUT2D eigenvalue weighted by Crippen LogP contribution is 2.43.